The Morgan fingerprint density at radius 3 is 2.58 bits per heavy atom. The maximum absolute atomic E-state index is 13.0. The van der Waals surface area contributed by atoms with Gasteiger partial charge in [0.15, 0.2) is 0 Å². The molecule has 1 amide bonds. The number of ether oxygens (including phenoxy) is 1. The Hall–Kier alpha value is -2.59. The van der Waals surface area contributed by atoms with Gasteiger partial charge in [-0.15, -0.1) is 11.3 Å². The van der Waals surface area contributed by atoms with E-state index in [0.717, 1.165) is 42.1 Å². The fraction of sp³-hybridized carbons (Fsp3) is 0.458. The summed E-state index contributed by atoms with van der Waals surface area (Å²) in [6.45, 7) is 8.49. The van der Waals surface area contributed by atoms with Crippen molar-refractivity contribution in [2.24, 2.45) is 0 Å². The molecule has 0 unspecified atom stereocenters. The maximum Gasteiger partial charge on any atom is 0.260 e. The lowest BCUT2D eigenvalue weighted by molar-refractivity contribution is -0.137. The molecule has 2 aliphatic rings. The summed E-state index contributed by atoms with van der Waals surface area (Å²) < 4.78 is 5.34. The third-order valence-electron chi connectivity index (χ3n) is 6.62. The number of nitrogens with zero attached hydrogens (tertiary/aromatic N) is 4. The smallest absolute Gasteiger partial charge is 0.260 e. The van der Waals surface area contributed by atoms with Gasteiger partial charge in [0.25, 0.3) is 5.56 Å². The fourth-order valence-electron chi connectivity index (χ4n) is 4.58. The van der Waals surface area contributed by atoms with Crippen LogP contribution in [0.3, 0.4) is 0 Å². The Bertz CT molecular complexity index is 1160. The monoisotopic (exact) mass is 467 g/mol. The molecule has 33 heavy (non-hydrogen) atoms. The largest absolute Gasteiger partial charge is 0.378 e. The number of morpholine rings is 1. The molecular formula is C24H29N5O3S. The first-order valence-corrected chi connectivity index (χ1v) is 12.4. The number of hydrogen-bond acceptors (Lipinski definition) is 7. The zero-order chi connectivity index (χ0) is 22.8. The second-order valence-corrected chi connectivity index (χ2v) is 9.49. The van der Waals surface area contributed by atoms with E-state index in [4.69, 9.17) is 9.72 Å². The van der Waals surface area contributed by atoms with E-state index in [1.807, 2.05) is 40.6 Å². The molecule has 5 rings (SSSR count). The minimum absolute atomic E-state index is 0.00136. The Morgan fingerprint density at radius 2 is 1.85 bits per heavy atom. The second kappa shape index (κ2) is 9.72. The highest BCUT2D eigenvalue weighted by molar-refractivity contribution is 7.17. The highest BCUT2D eigenvalue weighted by atomic mass is 32.1. The summed E-state index contributed by atoms with van der Waals surface area (Å²) in [5.74, 6) is 0.884. The Balaban J connectivity index is 1.25. The Morgan fingerprint density at radius 1 is 1.12 bits per heavy atom. The first-order valence-electron chi connectivity index (χ1n) is 11.5. The molecule has 0 bridgehead atoms. The molecule has 2 fully saturated rings. The highest BCUT2D eigenvalue weighted by Crippen LogP contribution is 2.31. The molecule has 3 aromatic rings. The molecule has 2 aromatic heterocycles. The number of thiophene rings is 1. The topological polar surface area (TPSA) is 81.8 Å². The normalized spacial score (nSPS) is 19.1. The summed E-state index contributed by atoms with van der Waals surface area (Å²) in [7, 11) is 0. The predicted molar refractivity (Wildman–Crippen MR) is 130 cm³/mol. The van der Waals surface area contributed by atoms with Gasteiger partial charge < -0.3 is 14.6 Å². The van der Waals surface area contributed by atoms with Crippen molar-refractivity contribution in [2.45, 2.75) is 13.0 Å². The number of hydrogen-bond donors (Lipinski definition) is 1. The van der Waals surface area contributed by atoms with Crippen molar-refractivity contribution >= 4 is 27.5 Å². The molecule has 174 valence electrons. The van der Waals surface area contributed by atoms with Gasteiger partial charge in [0.1, 0.15) is 10.7 Å². The van der Waals surface area contributed by atoms with E-state index in [1.54, 1.807) is 0 Å². The molecule has 1 aromatic carbocycles. The van der Waals surface area contributed by atoms with Gasteiger partial charge >= 0.3 is 0 Å². The van der Waals surface area contributed by atoms with E-state index < -0.39 is 0 Å². The summed E-state index contributed by atoms with van der Waals surface area (Å²) >= 11 is 1.51. The average Bonchev–Trinajstić information content (AvgIpc) is 3.30. The summed E-state index contributed by atoms with van der Waals surface area (Å²) in [4.78, 5) is 40.6. The third-order valence-corrected chi connectivity index (χ3v) is 7.49. The van der Waals surface area contributed by atoms with Crippen molar-refractivity contribution in [3.63, 3.8) is 0 Å². The van der Waals surface area contributed by atoms with Crippen LogP contribution in [0.15, 0.2) is 40.5 Å². The number of carbonyl (C=O) groups excluding carboxylic acids is 1. The number of H-pyrrole nitrogens is 1. The van der Waals surface area contributed by atoms with Crippen molar-refractivity contribution in [1.29, 1.82) is 0 Å². The number of aromatic amines is 1. The van der Waals surface area contributed by atoms with Crippen LogP contribution in [0.2, 0.25) is 0 Å². The van der Waals surface area contributed by atoms with E-state index in [2.05, 4.69) is 21.7 Å². The van der Waals surface area contributed by atoms with Crippen LogP contribution in [0.5, 0.6) is 0 Å². The van der Waals surface area contributed by atoms with Gasteiger partial charge in [0.05, 0.1) is 31.2 Å². The zero-order valence-electron chi connectivity index (χ0n) is 18.8. The van der Waals surface area contributed by atoms with Crippen LogP contribution in [0.4, 0.5) is 0 Å². The van der Waals surface area contributed by atoms with Crippen molar-refractivity contribution in [3.8, 4) is 11.1 Å². The summed E-state index contributed by atoms with van der Waals surface area (Å²) in [6.07, 6.45) is 0. The molecule has 1 atom stereocenters. The second-order valence-electron chi connectivity index (χ2n) is 8.63. The molecule has 2 aliphatic heterocycles. The summed E-state index contributed by atoms with van der Waals surface area (Å²) in [5.41, 5.74) is 1.87. The minimum atomic E-state index is -0.0864. The van der Waals surface area contributed by atoms with Gasteiger partial charge in [0.2, 0.25) is 5.91 Å². The number of fused-ring (bicyclic) bond motifs is 1. The van der Waals surface area contributed by atoms with Crippen LogP contribution < -0.4 is 5.56 Å². The molecule has 0 spiro atoms. The Kier molecular flexibility index (Phi) is 6.55. The van der Waals surface area contributed by atoms with E-state index in [-0.39, 0.29) is 17.5 Å². The van der Waals surface area contributed by atoms with Gasteiger partial charge in [-0.05, 0) is 12.5 Å². The number of rotatable bonds is 5. The van der Waals surface area contributed by atoms with Crippen LogP contribution in [0, 0.1) is 0 Å². The van der Waals surface area contributed by atoms with Crippen LogP contribution >= 0.6 is 11.3 Å². The standard InChI is InChI=1S/C24H29N5O3S/c1-17(28-9-7-27(8-10-28)15-20(30)29-11-13-32-14-12-29)22-25-23(31)21-19(16-33-24(21)26-22)18-5-3-2-4-6-18/h2-6,16-17H,7-15H2,1H3,(H,25,26,31)/t17-/m0/s1. The molecular weight excluding hydrogens is 438 g/mol. The van der Waals surface area contributed by atoms with Crippen LogP contribution in [-0.4, -0.2) is 89.6 Å². The fourth-order valence-corrected chi connectivity index (χ4v) is 5.53. The van der Waals surface area contributed by atoms with Crippen molar-refractivity contribution < 1.29 is 9.53 Å². The van der Waals surface area contributed by atoms with Gasteiger partial charge in [0, 0.05) is 50.2 Å². The summed E-state index contributed by atoms with van der Waals surface area (Å²) in [6, 6.07) is 9.96. The molecule has 2 saturated heterocycles. The molecule has 0 aliphatic carbocycles. The lowest BCUT2D eigenvalue weighted by Gasteiger charge is -2.38. The molecule has 9 heteroatoms. The van der Waals surface area contributed by atoms with E-state index in [9.17, 15) is 9.59 Å². The van der Waals surface area contributed by atoms with Crippen molar-refractivity contribution in [3.05, 3.63) is 51.9 Å². The lowest BCUT2D eigenvalue weighted by Crippen LogP contribution is -2.52. The quantitative estimate of drug-likeness (QED) is 0.620. The Labute approximate surface area is 196 Å². The summed E-state index contributed by atoms with van der Waals surface area (Å²) in [5, 5.41) is 2.68. The van der Waals surface area contributed by atoms with Gasteiger partial charge in [-0.25, -0.2) is 4.98 Å². The maximum atomic E-state index is 13.0. The molecule has 1 N–H and O–H groups in total. The van der Waals surface area contributed by atoms with Gasteiger partial charge in [-0.3, -0.25) is 19.4 Å². The number of carbonyl (C=O) groups is 1. The molecule has 4 heterocycles. The first-order chi connectivity index (χ1) is 16.1. The number of benzene rings is 1. The van der Waals surface area contributed by atoms with Gasteiger partial charge in [-0.1, -0.05) is 30.3 Å². The van der Waals surface area contributed by atoms with Crippen LogP contribution in [0.1, 0.15) is 18.8 Å². The van der Waals surface area contributed by atoms with Crippen LogP contribution in [0.25, 0.3) is 21.3 Å². The first kappa shape index (κ1) is 22.2. The predicted octanol–water partition coefficient (Wildman–Crippen LogP) is 2.19. The number of aromatic nitrogens is 2. The third kappa shape index (κ3) is 4.72. The SMILES string of the molecule is C[C@@H](c1nc2scc(-c3ccccc3)c2c(=O)[nH]1)N1CCN(CC(=O)N2CCOCC2)CC1. The van der Waals surface area contributed by atoms with Crippen molar-refractivity contribution in [2.75, 3.05) is 59.0 Å². The molecule has 0 saturated carbocycles. The van der Waals surface area contributed by atoms with E-state index >= 15 is 0 Å². The average molecular weight is 468 g/mol. The zero-order valence-corrected chi connectivity index (χ0v) is 19.6. The highest BCUT2D eigenvalue weighted by Gasteiger charge is 2.27. The van der Waals surface area contributed by atoms with E-state index in [1.165, 1.54) is 11.3 Å². The number of amides is 1. The van der Waals surface area contributed by atoms with Crippen LogP contribution in [-0.2, 0) is 9.53 Å². The van der Waals surface area contributed by atoms with Gasteiger partial charge in [-0.2, -0.15) is 0 Å². The lowest BCUT2D eigenvalue weighted by atomic mass is 10.1. The number of nitrogens with one attached hydrogen (secondary N) is 1. The number of piperazine rings is 1. The van der Waals surface area contributed by atoms with Crippen molar-refractivity contribution in [1.82, 2.24) is 24.7 Å². The molecule has 8 nitrogen and oxygen atoms in total. The molecule has 0 radical (unpaired) electrons. The van der Waals surface area contributed by atoms with E-state index in [0.29, 0.717) is 44.1 Å². The minimum Gasteiger partial charge on any atom is -0.378 e.